The van der Waals surface area contributed by atoms with E-state index in [1.54, 1.807) is 0 Å². The number of hydrogen-bond donors (Lipinski definition) is 2. The predicted octanol–water partition coefficient (Wildman–Crippen LogP) is 1.82. The van der Waals surface area contributed by atoms with E-state index in [1.807, 2.05) is 18.2 Å². The van der Waals surface area contributed by atoms with Gasteiger partial charge in [0.25, 0.3) is 0 Å². The van der Waals surface area contributed by atoms with Gasteiger partial charge in [0.05, 0.1) is 18.8 Å². The van der Waals surface area contributed by atoms with Gasteiger partial charge in [-0.3, -0.25) is 16.2 Å². The van der Waals surface area contributed by atoms with Gasteiger partial charge in [-0.1, -0.05) is 23.7 Å². The average molecular weight is 298 g/mol. The number of ether oxygens (including phenoxy) is 1. The lowest BCUT2D eigenvalue weighted by molar-refractivity contribution is -0.0552. The first kappa shape index (κ1) is 15.7. The lowest BCUT2D eigenvalue weighted by atomic mass is 10.00. The fourth-order valence-corrected chi connectivity index (χ4v) is 2.84. The van der Waals surface area contributed by atoms with Crippen LogP contribution < -0.4 is 11.3 Å². The van der Waals surface area contributed by atoms with E-state index in [0.717, 1.165) is 31.1 Å². The quantitative estimate of drug-likeness (QED) is 0.643. The van der Waals surface area contributed by atoms with E-state index in [9.17, 15) is 0 Å². The van der Waals surface area contributed by atoms with Crippen molar-refractivity contribution in [2.75, 3.05) is 19.7 Å². The largest absolute Gasteiger partial charge is 0.374 e. The molecular weight excluding hydrogens is 274 g/mol. The minimum absolute atomic E-state index is 0.0926. The van der Waals surface area contributed by atoms with Crippen LogP contribution in [0.5, 0.6) is 0 Å². The topological polar surface area (TPSA) is 50.5 Å². The van der Waals surface area contributed by atoms with Crippen molar-refractivity contribution in [3.63, 3.8) is 0 Å². The van der Waals surface area contributed by atoms with Gasteiger partial charge in [-0.15, -0.1) is 0 Å². The Hall–Kier alpha value is -0.650. The zero-order valence-corrected chi connectivity index (χ0v) is 12.9. The molecular formula is C15H24ClN3O. The molecule has 1 aliphatic heterocycles. The normalized spacial score (nSPS) is 22.1. The second-order valence-electron chi connectivity index (χ2n) is 5.61. The monoisotopic (exact) mass is 297 g/mol. The highest BCUT2D eigenvalue weighted by molar-refractivity contribution is 6.30. The highest BCUT2D eigenvalue weighted by atomic mass is 35.5. The van der Waals surface area contributed by atoms with Crippen LogP contribution in [-0.2, 0) is 11.2 Å². The van der Waals surface area contributed by atoms with Gasteiger partial charge in [0.15, 0.2) is 0 Å². The molecule has 2 unspecified atom stereocenters. The highest BCUT2D eigenvalue weighted by Crippen LogP contribution is 2.17. The van der Waals surface area contributed by atoms with Crippen LogP contribution in [-0.4, -0.2) is 42.8 Å². The summed E-state index contributed by atoms with van der Waals surface area (Å²) in [7, 11) is 0. The first-order valence-electron chi connectivity index (χ1n) is 7.16. The molecule has 20 heavy (non-hydrogen) atoms. The van der Waals surface area contributed by atoms with Crippen molar-refractivity contribution in [2.45, 2.75) is 38.5 Å². The summed E-state index contributed by atoms with van der Waals surface area (Å²) in [6.07, 6.45) is 0.920. The molecule has 0 amide bonds. The number of nitrogens with one attached hydrogen (secondary N) is 1. The molecule has 1 heterocycles. The van der Waals surface area contributed by atoms with E-state index in [-0.39, 0.29) is 12.1 Å². The average Bonchev–Trinajstić information content (AvgIpc) is 2.45. The van der Waals surface area contributed by atoms with Crippen LogP contribution in [0, 0.1) is 0 Å². The number of hydrogen-bond acceptors (Lipinski definition) is 4. The van der Waals surface area contributed by atoms with E-state index < -0.39 is 0 Å². The molecule has 0 radical (unpaired) electrons. The molecule has 112 valence electrons. The van der Waals surface area contributed by atoms with Crippen molar-refractivity contribution >= 4 is 11.6 Å². The van der Waals surface area contributed by atoms with Crippen molar-refractivity contribution in [3.8, 4) is 0 Å². The Morgan fingerprint density at radius 3 is 2.95 bits per heavy atom. The summed E-state index contributed by atoms with van der Waals surface area (Å²) in [5, 5.41) is 0.756. The molecule has 1 aliphatic rings. The van der Waals surface area contributed by atoms with Gasteiger partial charge in [-0.05, 0) is 38.0 Å². The van der Waals surface area contributed by atoms with E-state index >= 15 is 0 Å². The molecule has 0 aliphatic carbocycles. The Bertz CT molecular complexity index is 427. The highest BCUT2D eigenvalue weighted by Gasteiger charge is 2.28. The smallest absolute Gasteiger partial charge is 0.0872 e. The number of hydrazine groups is 1. The van der Waals surface area contributed by atoms with Crippen molar-refractivity contribution in [1.82, 2.24) is 10.3 Å². The first-order chi connectivity index (χ1) is 9.60. The molecule has 1 aromatic carbocycles. The lowest BCUT2D eigenvalue weighted by Crippen LogP contribution is -2.56. The van der Waals surface area contributed by atoms with Gasteiger partial charge in [0.1, 0.15) is 0 Å². The van der Waals surface area contributed by atoms with Gasteiger partial charge >= 0.3 is 0 Å². The molecule has 0 aromatic heterocycles. The maximum atomic E-state index is 6.03. The van der Waals surface area contributed by atoms with E-state index in [2.05, 4.69) is 30.2 Å². The summed E-state index contributed by atoms with van der Waals surface area (Å²) in [6.45, 7) is 7.08. The van der Waals surface area contributed by atoms with Crippen molar-refractivity contribution in [2.24, 2.45) is 5.84 Å². The Labute approximate surface area is 126 Å². The van der Waals surface area contributed by atoms with Gasteiger partial charge in [-0.2, -0.15) is 0 Å². The van der Waals surface area contributed by atoms with Gasteiger partial charge in [-0.25, -0.2) is 0 Å². The second kappa shape index (κ2) is 7.38. The second-order valence-corrected chi connectivity index (χ2v) is 6.04. The van der Waals surface area contributed by atoms with E-state index in [0.29, 0.717) is 6.04 Å². The molecule has 2 rings (SSSR count). The molecule has 1 aromatic rings. The van der Waals surface area contributed by atoms with Gasteiger partial charge in [0, 0.05) is 24.2 Å². The van der Waals surface area contributed by atoms with Gasteiger partial charge < -0.3 is 4.74 Å². The lowest BCUT2D eigenvalue weighted by Gasteiger charge is -2.38. The molecule has 0 bridgehead atoms. The third kappa shape index (κ3) is 4.17. The number of nitrogens with two attached hydrogens (primary N) is 1. The Morgan fingerprint density at radius 1 is 1.50 bits per heavy atom. The summed E-state index contributed by atoms with van der Waals surface area (Å²) in [6, 6.07) is 8.52. The van der Waals surface area contributed by atoms with Crippen molar-refractivity contribution < 1.29 is 4.74 Å². The van der Waals surface area contributed by atoms with Crippen LogP contribution in [0.25, 0.3) is 0 Å². The van der Waals surface area contributed by atoms with Crippen LogP contribution in [0.15, 0.2) is 24.3 Å². The van der Waals surface area contributed by atoms with Crippen LogP contribution >= 0.6 is 11.6 Å². The van der Waals surface area contributed by atoms with E-state index in [4.69, 9.17) is 22.2 Å². The van der Waals surface area contributed by atoms with Crippen LogP contribution in [0.2, 0.25) is 5.02 Å². The van der Waals surface area contributed by atoms with Crippen LogP contribution in [0.3, 0.4) is 0 Å². The fourth-order valence-electron chi connectivity index (χ4n) is 2.62. The molecule has 0 saturated carbocycles. The van der Waals surface area contributed by atoms with E-state index in [1.165, 1.54) is 5.56 Å². The maximum absolute atomic E-state index is 6.03. The molecule has 4 nitrogen and oxygen atoms in total. The predicted molar refractivity (Wildman–Crippen MR) is 82.7 cm³/mol. The summed E-state index contributed by atoms with van der Waals surface area (Å²) < 4.78 is 5.90. The van der Waals surface area contributed by atoms with Crippen molar-refractivity contribution in [3.05, 3.63) is 34.9 Å². The SMILES string of the molecule is CC(C)N1CCOC(C(Cc2cccc(Cl)c2)NN)C1. The summed E-state index contributed by atoms with van der Waals surface area (Å²) in [5.41, 5.74) is 4.08. The summed E-state index contributed by atoms with van der Waals surface area (Å²) in [4.78, 5) is 2.43. The fraction of sp³-hybridized carbons (Fsp3) is 0.600. The number of nitrogens with zero attached hydrogens (tertiary/aromatic N) is 1. The Balaban J connectivity index is 2.00. The zero-order valence-electron chi connectivity index (χ0n) is 12.2. The van der Waals surface area contributed by atoms with Crippen LogP contribution in [0.4, 0.5) is 0 Å². The molecule has 0 spiro atoms. The Kier molecular flexibility index (Phi) is 5.81. The third-order valence-corrected chi connectivity index (χ3v) is 4.10. The number of benzene rings is 1. The van der Waals surface area contributed by atoms with Crippen molar-refractivity contribution in [1.29, 1.82) is 0 Å². The number of halogens is 1. The minimum atomic E-state index is 0.0926. The Morgan fingerprint density at radius 2 is 2.30 bits per heavy atom. The summed E-state index contributed by atoms with van der Waals surface area (Å²) in [5.74, 6) is 5.73. The molecule has 1 fully saturated rings. The summed E-state index contributed by atoms with van der Waals surface area (Å²) >= 11 is 6.03. The zero-order chi connectivity index (χ0) is 14.5. The molecule has 5 heteroatoms. The van der Waals surface area contributed by atoms with Crippen LogP contribution in [0.1, 0.15) is 19.4 Å². The molecule has 2 atom stereocenters. The maximum Gasteiger partial charge on any atom is 0.0872 e. The first-order valence-corrected chi connectivity index (χ1v) is 7.54. The molecule has 1 saturated heterocycles. The standard InChI is InChI=1S/C15H24ClN3O/c1-11(2)19-6-7-20-15(10-19)14(18-17)9-12-4-3-5-13(16)8-12/h3-5,8,11,14-15,18H,6-7,9-10,17H2,1-2H3. The number of rotatable bonds is 5. The van der Waals surface area contributed by atoms with Gasteiger partial charge in [0.2, 0.25) is 0 Å². The molecule has 3 N–H and O–H groups in total. The third-order valence-electron chi connectivity index (χ3n) is 3.86. The minimum Gasteiger partial charge on any atom is -0.374 e. The number of morpholine rings is 1.